The van der Waals surface area contributed by atoms with Gasteiger partial charge in [-0.15, -0.1) is 11.3 Å². The minimum absolute atomic E-state index is 0.313. The van der Waals surface area contributed by atoms with Crippen LogP contribution >= 0.6 is 11.3 Å². The van der Waals surface area contributed by atoms with Crippen LogP contribution in [0.25, 0.3) is 0 Å². The number of carboxylic acids is 1. The number of carboxylic acid groups (broad SMARTS) is 1. The van der Waals surface area contributed by atoms with E-state index in [1.807, 2.05) is 5.38 Å². The van der Waals surface area contributed by atoms with E-state index in [9.17, 15) is 14.9 Å². The summed E-state index contributed by atoms with van der Waals surface area (Å²) in [6.07, 6.45) is 0.932. The Morgan fingerprint density at radius 1 is 1.43 bits per heavy atom. The molecule has 0 radical (unpaired) electrons. The third kappa shape index (κ3) is 3.38. The first-order chi connectivity index (χ1) is 10.0. The zero-order chi connectivity index (χ0) is 15.4. The monoisotopic (exact) mass is 306 g/mol. The van der Waals surface area contributed by atoms with Crippen molar-refractivity contribution in [1.29, 1.82) is 0 Å². The fourth-order valence-electron chi connectivity index (χ4n) is 2.00. The summed E-state index contributed by atoms with van der Waals surface area (Å²) in [6.45, 7) is 2.64. The number of nitro groups is 1. The molecule has 2 N–H and O–H groups in total. The molecule has 0 saturated heterocycles. The zero-order valence-electron chi connectivity index (χ0n) is 11.3. The molecule has 110 valence electrons. The predicted molar refractivity (Wildman–Crippen MR) is 81.1 cm³/mol. The quantitative estimate of drug-likeness (QED) is 0.629. The van der Waals surface area contributed by atoms with Gasteiger partial charge in [0.25, 0.3) is 5.69 Å². The van der Waals surface area contributed by atoms with Crippen LogP contribution in [0.4, 0.5) is 11.4 Å². The fourth-order valence-corrected chi connectivity index (χ4v) is 2.91. The van der Waals surface area contributed by atoms with Gasteiger partial charge in [0.05, 0.1) is 4.92 Å². The topological polar surface area (TPSA) is 92.5 Å². The van der Waals surface area contributed by atoms with Gasteiger partial charge < -0.3 is 10.4 Å². The third-order valence-electron chi connectivity index (χ3n) is 3.10. The Bertz CT molecular complexity index is 681. The maximum absolute atomic E-state index is 11.1. The van der Waals surface area contributed by atoms with Gasteiger partial charge in [0, 0.05) is 23.2 Å². The molecule has 0 aliphatic heterocycles. The molecule has 0 unspecified atom stereocenters. The van der Waals surface area contributed by atoms with Crippen molar-refractivity contribution in [1.82, 2.24) is 0 Å². The lowest BCUT2D eigenvalue weighted by Crippen LogP contribution is -2.05. The molecule has 6 nitrogen and oxygen atoms in total. The number of aromatic carboxylic acids is 1. The molecular weight excluding hydrogens is 292 g/mol. The molecule has 1 aromatic heterocycles. The first-order valence-corrected chi connectivity index (χ1v) is 7.21. The summed E-state index contributed by atoms with van der Waals surface area (Å²) in [6, 6.07) is 6.07. The van der Waals surface area contributed by atoms with Crippen LogP contribution in [0.15, 0.2) is 29.6 Å². The SMILES string of the molecule is CCc1ccsc1CNc1ccc([N+](=O)[O-])c(C(=O)O)c1. The highest BCUT2D eigenvalue weighted by molar-refractivity contribution is 7.10. The summed E-state index contributed by atoms with van der Waals surface area (Å²) in [5.41, 5.74) is 1.08. The minimum Gasteiger partial charge on any atom is -0.477 e. The van der Waals surface area contributed by atoms with E-state index in [1.54, 1.807) is 11.3 Å². The van der Waals surface area contributed by atoms with Crippen molar-refractivity contribution in [3.8, 4) is 0 Å². The molecule has 0 aliphatic rings. The molecule has 2 aromatic rings. The number of nitrogens with one attached hydrogen (secondary N) is 1. The summed E-state index contributed by atoms with van der Waals surface area (Å²) >= 11 is 1.62. The number of nitro benzene ring substituents is 1. The summed E-state index contributed by atoms with van der Waals surface area (Å²) < 4.78 is 0. The maximum atomic E-state index is 11.1. The Kier molecular flexibility index (Phi) is 4.54. The predicted octanol–water partition coefficient (Wildman–Crippen LogP) is 3.53. The van der Waals surface area contributed by atoms with Crippen LogP contribution < -0.4 is 5.32 Å². The molecule has 0 aliphatic carbocycles. The van der Waals surface area contributed by atoms with Crippen LogP contribution in [-0.4, -0.2) is 16.0 Å². The molecule has 1 aromatic carbocycles. The molecule has 0 amide bonds. The second-order valence-corrected chi connectivity index (χ2v) is 5.37. The zero-order valence-corrected chi connectivity index (χ0v) is 12.1. The van der Waals surface area contributed by atoms with E-state index >= 15 is 0 Å². The Hall–Kier alpha value is -2.41. The molecule has 0 bridgehead atoms. The largest absolute Gasteiger partial charge is 0.477 e. The molecule has 0 spiro atoms. The van der Waals surface area contributed by atoms with Gasteiger partial charge in [-0.1, -0.05) is 6.92 Å². The van der Waals surface area contributed by atoms with E-state index in [0.29, 0.717) is 12.2 Å². The van der Waals surface area contributed by atoms with Crippen molar-refractivity contribution >= 4 is 28.7 Å². The smallest absolute Gasteiger partial charge is 0.342 e. The summed E-state index contributed by atoms with van der Waals surface area (Å²) in [5.74, 6) is -1.31. The highest BCUT2D eigenvalue weighted by Crippen LogP contribution is 2.24. The first-order valence-electron chi connectivity index (χ1n) is 6.33. The Balaban J connectivity index is 2.19. The van der Waals surface area contributed by atoms with Crippen molar-refractivity contribution in [2.24, 2.45) is 0 Å². The molecule has 7 heteroatoms. The first kappa shape index (κ1) is 15.0. The van der Waals surface area contributed by atoms with E-state index in [-0.39, 0.29) is 5.56 Å². The van der Waals surface area contributed by atoms with E-state index < -0.39 is 16.6 Å². The van der Waals surface area contributed by atoms with Crippen LogP contribution in [-0.2, 0) is 13.0 Å². The highest BCUT2D eigenvalue weighted by atomic mass is 32.1. The number of hydrogen-bond donors (Lipinski definition) is 2. The van der Waals surface area contributed by atoms with Crippen LogP contribution in [0.5, 0.6) is 0 Å². The van der Waals surface area contributed by atoms with Crippen molar-refractivity contribution in [2.75, 3.05) is 5.32 Å². The molecule has 0 fully saturated rings. The summed E-state index contributed by atoms with van der Waals surface area (Å²) in [4.78, 5) is 22.4. The number of benzene rings is 1. The molecule has 0 saturated carbocycles. The molecular formula is C14H14N2O4S. The van der Waals surface area contributed by atoms with Gasteiger partial charge >= 0.3 is 5.97 Å². The van der Waals surface area contributed by atoms with E-state index in [4.69, 9.17) is 5.11 Å². The Labute approximate surface area is 125 Å². The normalized spacial score (nSPS) is 10.3. The van der Waals surface area contributed by atoms with Gasteiger partial charge in [-0.05, 0) is 35.6 Å². The van der Waals surface area contributed by atoms with E-state index in [2.05, 4.69) is 18.3 Å². The minimum atomic E-state index is -1.31. The fraction of sp³-hybridized carbons (Fsp3) is 0.214. The van der Waals surface area contributed by atoms with Crippen molar-refractivity contribution in [2.45, 2.75) is 19.9 Å². The van der Waals surface area contributed by atoms with Gasteiger partial charge in [0.15, 0.2) is 0 Å². The molecule has 1 heterocycles. The Morgan fingerprint density at radius 2 is 2.19 bits per heavy atom. The van der Waals surface area contributed by atoms with Crippen LogP contribution in [0.3, 0.4) is 0 Å². The van der Waals surface area contributed by atoms with Crippen molar-refractivity contribution in [3.63, 3.8) is 0 Å². The van der Waals surface area contributed by atoms with Crippen molar-refractivity contribution in [3.05, 3.63) is 55.8 Å². The average molecular weight is 306 g/mol. The van der Waals surface area contributed by atoms with Crippen LogP contribution in [0, 0.1) is 10.1 Å². The van der Waals surface area contributed by atoms with E-state index in [1.165, 1.54) is 28.6 Å². The number of rotatable bonds is 6. The van der Waals surface area contributed by atoms with Crippen LogP contribution in [0.1, 0.15) is 27.7 Å². The standard InChI is InChI=1S/C14H14N2O4S/c1-2-9-5-6-21-13(9)8-15-10-3-4-12(16(19)20)11(7-10)14(17)18/h3-7,15H,2,8H2,1H3,(H,17,18). The number of anilines is 1. The number of nitrogens with zero attached hydrogens (tertiary/aromatic N) is 1. The van der Waals surface area contributed by atoms with Gasteiger partial charge in [0.2, 0.25) is 0 Å². The molecule has 2 rings (SSSR count). The number of hydrogen-bond acceptors (Lipinski definition) is 5. The van der Waals surface area contributed by atoms with Crippen LogP contribution in [0.2, 0.25) is 0 Å². The molecule has 21 heavy (non-hydrogen) atoms. The average Bonchev–Trinajstić information content (AvgIpc) is 2.92. The second-order valence-electron chi connectivity index (χ2n) is 4.37. The van der Waals surface area contributed by atoms with E-state index in [0.717, 1.165) is 6.42 Å². The van der Waals surface area contributed by atoms with Gasteiger partial charge in [-0.25, -0.2) is 4.79 Å². The Morgan fingerprint density at radius 3 is 2.81 bits per heavy atom. The lowest BCUT2D eigenvalue weighted by Gasteiger charge is -2.08. The number of carbonyl (C=O) groups is 1. The highest BCUT2D eigenvalue weighted by Gasteiger charge is 2.19. The van der Waals surface area contributed by atoms with Gasteiger partial charge in [-0.3, -0.25) is 10.1 Å². The number of aryl methyl sites for hydroxylation is 1. The third-order valence-corrected chi connectivity index (χ3v) is 4.06. The van der Waals surface area contributed by atoms with Gasteiger partial charge in [-0.2, -0.15) is 0 Å². The van der Waals surface area contributed by atoms with Gasteiger partial charge in [0.1, 0.15) is 5.56 Å². The lowest BCUT2D eigenvalue weighted by atomic mass is 10.1. The summed E-state index contributed by atoms with van der Waals surface area (Å²) in [5, 5.41) is 24.9. The lowest BCUT2D eigenvalue weighted by molar-refractivity contribution is -0.385. The maximum Gasteiger partial charge on any atom is 0.342 e. The second kappa shape index (κ2) is 6.36. The van der Waals surface area contributed by atoms with Crippen molar-refractivity contribution < 1.29 is 14.8 Å². The molecule has 0 atom stereocenters. The number of thiophene rings is 1. The summed E-state index contributed by atoms with van der Waals surface area (Å²) in [7, 11) is 0.